The summed E-state index contributed by atoms with van der Waals surface area (Å²) in [5.41, 5.74) is 1.53. The summed E-state index contributed by atoms with van der Waals surface area (Å²) >= 11 is 0. The quantitative estimate of drug-likeness (QED) is 0.567. The number of rotatable bonds is 7. The fourth-order valence-corrected chi connectivity index (χ4v) is 1.85. The van der Waals surface area contributed by atoms with Crippen LogP contribution in [0.2, 0.25) is 0 Å². The third-order valence-corrected chi connectivity index (χ3v) is 2.99. The lowest BCUT2D eigenvalue weighted by Crippen LogP contribution is -2.11. The number of carbonyl (C=O) groups is 1. The SMILES string of the molecule is CCCCCCCC(=O)Nc1ccc(O)c(C)c1. The molecule has 0 saturated heterocycles. The Morgan fingerprint density at radius 1 is 1.22 bits per heavy atom. The van der Waals surface area contributed by atoms with E-state index in [2.05, 4.69) is 12.2 Å². The number of benzene rings is 1. The summed E-state index contributed by atoms with van der Waals surface area (Å²) in [7, 11) is 0. The Labute approximate surface area is 109 Å². The Morgan fingerprint density at radius 3 is 2.61 bits per heavy atom. The van der Waals surface area contributed by atoms with Crippen molar-refractivity contribution in [1.29, 1.82) is 0 Å². The summed E-state index contributed by atoms with van der Waals surface area (Å²) in [6.45, 7) is 4.00. The minimum atomic E-state index is 0.0524. The van der Waals surface area contributed by atoms with Crippen molar-refractivity contribution in [2.45, 2.75) is 52.4 Å². The van der Waals surface area contributed by atoms with Crippen LogP contribution in [-0.4, -0.2) is 11.0 Å². The molecule has 100 valence electrons. The van der Waals surface area contributed by atoms with Crippen LogP contribution in [0.3, 0.4) is 0 Å². The zero-order chi connectivity index (χ0) is 13.4. The molecule has 1 aromatic carbocycles. The van der Waals surface area contributed by atoms with Crippen LogP contribution in [0.5, 0.6) is 5.75 Å². The predicted molar refractivity (Wildman–Crippen MR) is 74.8 cm³/mol. The number of phenolic OH excluding ortho intramolecular Hbond substituents is 1. The molecule has 0 bridgehead atoms. The van der Waals surface area contributed by atoms with Gasteiger partial charge in [0.1, 0.15) is 5.75 Å². The summed E-state index contributed by atoms with van der Waals surface area (Å²) in [5.74, 6) is 0.309. The van der Waals surface area contributed by atoms with Crippen LogP contribution in [-0.2, 0) is 4.79 Å². The first kappa shape index (κ1) is 14.6. The van der Waals surface area contributed by atoms with Gasteiger partial charge in [0.05, 0.1) is 0 Å². The van der Waals surface area contributed by atoms with Crippen LogP contribution in [0.1, 0.15) is 51.0 Å². The van der Waals surface area contributed by atoms with Crippen molar-refractivity contribution < 1.29 is 9.90 Å². The molecule has 0 saturated carbocycles. The van der Waals surface area contributed by atoms with E-state index in [-0.39, 0.29) is 11.7 Å². The molecular formula is C15H23NO2. The third-order valence-electron chi connectivity index (χ3n) is 2.99. The third kappa shape index (κ3) is 5.21. The van der Waals surface area contributed by atoms with Gasteiger partial charge in [0.25, 0.3) is 0 Å². The average molecular weight is 249 g/mol. The van der Waals surface area contributed by atoms with Crippen molar-refractivity contribution in [2.24, 2.45) is 0 Å². The van der Waals surface area contributed by atoms with Gasteiger partial charge in [0, 0.05) is 12.1 Å². The highest BCUT2D eigenvalue weighted by Crippen LogP contribution is 2.20. The molecule has 0 unspecified atom stereocenters. The van der Waals surface area contributed by atoms with Crippen molar-refractivity contribution in [2.75, 3.05) is 5.32 Å². The topological polar surface area (TPSA) is 49.3 Å². The number of hydrogen-bond donors (Lipinski definition) is 2. The molecule has 0 heterocycles. The maximum atomic E-state index is 11.7. The average Bonchev–Trinajstić information content (AvgIpc) is 2.34. The highest BCUT2D eigenvalue weighted by atomic mass is 16.3. The summed E-state index contributed by atoms with van der Waals surface area (Å²) in [5, 5.41) is 12.2. The molecule has 1 amide bonds. The highest BCUT2D eigenvalue weighted by molar-refractivity contribution is 5.90. The smallest absolute Gasteiger partial charge is 0.224 e. The predicted octanol–water partition coefficient (Wildman–Crippen LogP) is 4.00. The van der Waals surface area contributed by atoms with E-state index in [1.165, 1.54) is 19.3 Å². The van der Waals surface area contributed by atoms with Crippen LogP contribution < -0.4 is 5.32 Å². The number of carbonyl (C=O) groups excluding carboxylic acids is 1. The van der Waals surface area contributed by atoms with Gasteiger partial charge in [-0.25, -0.2) is 0 Å². The molecular weight excluding hydrogens is 226 g/mol. The van der Waals surface area contributed by atoms with Crippen LogP contribution in [0.25, 0.3) is 0 Å². The molecule has 2 N–H and O–H groups in total. The molecule has 1 rings (SSSR count). The van der Waals surface area contributed by atoms with Gasteiger partial charge in [-0.15, -0.1) is 0 Å². The number of nitrogens with one attached hydrogen (secondary N) is 1. The van der Waals surface area contributed by atoms with E-state index in [4.69, 9.17) is 0 Å². The number of aromatic hydroxyl groups is 1. The molecule has 0 spiro atoms. The van der Waals surface area contributed by atoms with Crippen LogP contribution in [0.4, 0.5) is 5.69 Å². The van der Waals surface area contributed by atoms with E-state index in [0.717, 1.165) is 24.1 Å². The second-order valence-corrected chi connectivity index (χ2v) is 4.71. The Bertz CT molecular complexity index is 388. The summed E-state index contributed by atoms with van der Waals surface area (Å²) in [4.78, 5) is 11.7. The Hall–Kier alpha value is -1.51. The zero-order valence-corrected chi connectivity index (χ0v) is 11.3. The lowest BCUT2D eigenvalue weighted by atomic mass is 10.1. The summed E-state index contributed by atoms with van der Waals surface area (Å²) in [6.07, 6.45) is 6.32. The number of amides is 1. The Balaban J connectivity index is 2.29. The van der Waals surface area contributed by atoms with Crippen molar-refractivity contribution in [3.05, 3.63) is 23.8 Å². The molecule has 0 atom stereocenters. The largest absolute Gasteiger partial charge is 0.508 e. The lowest BCUT2D eigenvalue weighted by Gasteiger charge is -2.07. The lowest BCUT2D eigenvalue weighted by molar-refractivity contribution is -0.116. The van der Waals surface area contributed by atoms with E-state index in [9.17, 15) is 9.90 Å². The molecule has 1 aromatic rings. The first-order valence-corrected chi connectivity index (χ1v) is 6.73. The van der Waals surface area contributed by atoms with E-state index < -0.39 is 0 Å². The highest BCUT2D eigenvalue weighted by Gasteiger charge is 2.03. The maximum absolute atomic E-state index is 11.7. The van der Waals surface area contributed by atoms with Crippen LogP contribution >= 0.6 is 0 Å². The van der Waals surface area contributed by atoms with Gasteiger partial charge in [0.2, 0.25) is 5.91 Å². The minimum absolute atomic E-state index is 0.0524. The molecule has 3 heteroatoms. The molecule has 0 aliphatic rings. The van der Waals surface area contributed by atoms with Gasteiger partial charge in [-0.3, -0.25) is 4.79 Å². The monoisotopic (exact) mass is 249 g/mol. The van der Waals surface area contributed by atoms with Gasteiger partial charge < -0.3 is 10.4 Å². The Kier molecular flexibility index (Phi) is 6.26. The van der Waals surface area contributed by atoms with E-state index in [0.29, 0.717) is 6.42 Å². The second-order valence-electron chi connectivity index (χ2n) is 4.71. The first-order chi connectivity index (χ1) is 8.63. The van der Waals surface area contributed by atoms with Crippen molar-refractivity contribution in [1.82, 2.24) is 0 Å². The second kappa shape index (κ2) is 7.75. The molecule has 0 fully saturated rings. The number of unbranched alkanes of at least 4 members (excludes halogenated alkanes) is 4. The van der Waals surface area contributed by atoms with Crippen LogP contribution in [0, 0.1) is 6.92 Å². The van der Waals surface area contributed by atoms with Gasteiger partial charge in [0.15, 0.2) is 0 Å². The van der Waals surface area contributed by atoms with E-state index in [1.807, 2.05) is 6.92 Å². The molecule has 18 heavy (non-hydrogen) atoms. The van der Waals surface area contributed by atoms with Gasteiger partial charge in [-0.1, -0.05) is 32.6 Å². The fraction of sp³-hybridized carbons (Fsp3) is 0.533. The number of phenols is 1. The minimum Gasteiger partial charge on any atom is -0.508 e. The number of aryl methyl sites for hydroxylation is 1. The summed E-state index contributed by atoms with van der Waals surface area (Å²) < 4.78 is 0. The summed E-state index contributed by atoms with van der Waals surface area (Å²) in [6, 6.07) is 5.10. The van der Waals surface area contributed by atoms with Gasteiger partial charge in [-0.05, 0) is 37.1 Å². The zero-order valence-electron chi connectivity index (χ0n) is 11.3. The van der Waals surface area contributed by atoms with Crippen LogP contribution in [0.15, 0.2) is 18.2 Å². The first-order valence-electron chi connectivity index (χ1n) is 6.73. The van der Waals surface area contributed by atoms with E-state index in [1.54, 1.807) is 18.2 Å². The number of anilines is 1. The standard InChI is InChI=1S/C15H23NO2/c1-3-4-5-6-7-8-15(18)16-13-9-10-14(17)12(2)11-13/h9-11,17H,3-8H2,1-2H3,(H,16,18). The van der Waals surface area contributed by atoms with Crippen molar-refractivity contribution in [3.63, 3.8) is 0 Å². The molecule has 0 aliphatic heterocycles. The normalized spacial score (nSPS) is 10.3. The number of hydrogen-bond acceptors (Lipinski definition) is 2. The molecule has 0 radical (unpaired) electrons. The molecule has 0 aliphatic carbocycles. The molecule has 0 aromatic heterocycles. The fourth-order valence-electron chi connectivity index (χ4n) is 1.85. The maximum Gasteiger partial charge on any atom is 0.224 e. The molecule has 3 nitrogen and oxygen atoms in total. The van der Waals surface area contributed by atoms with E-state index >= 15 is 0 Å². The van der Waals surface area contributed by atoms with Gasteiger partial charge >= 0.3 is 0 Å². The Morgan fingerprint density at radius 2 is 1.94 bits per heavy atom. The van der Waals surface area contributed by atoms with Crippen molar-refractivity contribution in [3.8, 4) is 5.75 Å². The van der Waals surface area contributed by atoms with Crippen molar-refractivity contribution >= 4 is 11.6 Å². The van der Waals surface area contributed by atoms with Gasteiger partial charge in [-0.2, -0.15) is 0 Å².